The number of hydrogen-bond donors (Lipinski definition) is 1. The van der Waals surface area contributed by atoms with Crippen molar-refractivity contribution in [2.45, 2.75) is 38.1 Å². The maximum Gasteiger partial charge on any atom is 0.237 e. The number of nitrogens with zero attached hydrogens (tertiary/aromatic N) is 5. The van der Waals surface area contributed by atoms with E-state index < -0.39 is 0 Å². The smallest absolute Gasteiger partial charge is 0.237 e. The third-order valence-corrected chi connectivity index (χ3v) is 6.83. The highest BCUT2D eigenvalue weighted by Crippen LogP contribution is 2.32. The van der Waals surface area contributed by atoms with Crippen molar-refractivity contribution in [3.8, 4) is 11.5 Å². The lowest BCUT2D eigenvalue weighted by Gasteiger charge is -2.24. The molecule has 1 fully saturated rings. The minimum atomic E-state index is -0.292. The second-order valence-electron chi connectivity index (χ2n) is 9.41. The predicted molar refractivity (Wildman–Crippen MR) is 143 cm³/mol. The summed E-state index contributed by atoms with van der Waals surface area (Å²) in [5.41, 5.74) is 3.32. The molecular weight excluding hydrogens is 480 g/mol. The molecule has 1 aliphatic heterocycles. The Kier molecular flexibility index (Phi) is 8.25. The molecule has 0 unspecified atom stereocenters. The standard InChI is InChI=1S/C29H32N6O3/c1-37-28-16-24(12-13-27(28)38-20-23-10-6-3-7-11-23)18-34-19-25(35-21-31-32-33-35)17-26(34)29(36)30-15-14-22-8-4-2-5-9-22/h2-13,16,21,25-26H,14-15,17-20H2,1H3,(H,30,36)/t25-,26+/m1/s1. The van der Waals surface area contributed by atoms with Crippen molar-refractivity contribution in [2.75, 3.05) is 20.2 Å². The van der Waals surface area contributed by atoms with Gasteiger partial charge in [0, 0.05) is 19.6 Å². The fraction of sp³-hybridized carbons (Fsp3) is 0.310. The van der Waals surface area contributed by atoms with Gasteiger partial charge in [0.05, 0.1) is 19.2 Å². The van der Waals surface area contributed by atoms with Crippen LogP contribution in [0.4, 0.5) is 0 Å². The topological polar surface area (TPSA) is 94.4 Å². The first-order chi connectivity index (χ1) is 18.7. The number of carbonyl (C=O) groups is 1. The summed E-state index contributed by atoms with van der Waals surface area (Å²) in [6.07, 6.45) is 3.04. The third-order valence-electron chi connectivity index (χ3n) is 6.83. The van der Waals surface area contributed by atoms with E-state index in [9.17, 15) is 4.79 Å². The molecule has 0 spiro atoms. The Morgan fingerprint density at radius 1 is 0.974 bits per heavy atom. The van der Waals surface area contributed by atoms with Crippen LogP contribution < -0.4 is 14.8 Å². The number of nitrogens with one attached hydrogen (secondary N) is 1. The van der Waals surface area contributed by atoms with Crippen LogP contribution in [-0.4, -0.2) is 57.3 Å². The Bertz CT molecular complexity index is 1300. The molecular formula is C29H32N6O3. The number of aromatic nitrogens is 4. The Morgan fingerprint density at radius 3 is 2.45 bits per heavy atom. The highest BCUT2D eigenvalue weighted by atomic mass is 16.5. The molecule has 5 rings (SSSR count). The van der Waals surface area contributed by atoms with Gasteiger partial charge in [-0.25, -0.2) is 4.68 Å². The number of rotatable bonds is 11. The minimum Gasteiger partial charge on any atom is -0.493 e. The normalized spacial score (nSPS) is 17.3. The van der Waals surface area contributed by atoms with Gasteiger partial charge in [-0.1, -0.05) is 66.7 Å². The Balaban J connectivity index is 1.26. The van der Waals surface area contributed by atoms with Crippen molar-refractivity contribution in [1.82, 2.24) is 30.4 Å². The van der Waals surface area contributed by atoms with Gasteiger partial charge in [0.2, 0.25) is 5.91 Å². The van der Waals surface area contributed by atoms with Crippen LogP contribution in [0.3, 0.4) is 0 Å². The fourth-order valence-corrected chi connectivity index (χ4v) is 4.85. The number of tetrazole rings is 1. The molecule has 1 aliphatic rings. The molecule has 0 bridgehead atoms. The SMILES string of the molecule is COc1cc(CN2C[C@H](n3cnnn3)C[C@H]2C(=O)NCCc2ccccc2)ccc1OCc1ccccc1. The number of benzene rings is 3. The molecule has 9 heteroatoms. The van der Waals surface area contributed by atoms with Crippen LogP contribution in [0, 0.1) is 0 Å². The molecule has 1 saturated heterocycles. The Morgan fingerprint density at radius 2 is 1.74 bits per heavy atom. The lowest BCUT2D eigenvalue weighted by Crippen LogP contribution is -2.43. The summed E-state index contributed by atoms with van der Waals surface area (Å²) < 4.78 is 13.4. The molecule has 38 heavy (non-hydrogen) atoms. The minimum absolute atomic E-state index is 0.0187. The molecule has 196 valence electrons. The zero-order valence-electron chi connectivity index (χ0n) is 21.4. The van der Waals surface area contributed by atoms with Crippen molar-refractivity contribution in [3.63, 3.8) is 0 Å². The van der Waals surface area contributed by atoms with E-state index in [1.807, 2.05) is 66.7 Å². The first kappa shape index (κ1) is 25.4. The van der Waals surface area contributed by atoms with Crippen LogP contribution >= 0.6 is 0 Å². The number of likely N-dealkylation sites (tertiary alicyclic amines) is 1. The zero-order valence-corrected chi connectivity index (χ0v) is 21.4. The van der Waals surface area contributed by atoms with Gasteiger partial charge in [0.25, 0.3) is 0 Å². The van der Waals surface area contributed by atoms with E-state index in [0.29, 0.717) is 44.2 Å². The van der Waals surface area contributed by atoms with E-state index in [0.717, 1.165) is 17.5 Å². The summed E-state index contributed by atoms with van der Waals surface area (Å²) in [5, 5.41) is 14.8. The van der Waals surface area contributed by atoms with Gasteiger partial charge in [-0.3, -0.25) is 9.69 Å². The summed E-state index contributed by atoms with van der Waals surface area (Å²) in [7, 11) is 1.64. The number of methoxy groups -OCH3 is 1. The summed E-state index contributed by atoms with van der Waals surface area (Å²) >= 11 is 0. The molecule has 9 nitrogen and oxygen atoms in total. The van der Waals surface area contributed by atoms with E-state index in [1.165, 1.54) is 5.56 Å². The van der Waals surface area contributed by atoms with Crippen molar-refractivity contribution in [1.29, 1.82) is 0 Å². The average molecular weight is 513 g/mol. The van der Waals surface area contributed by atoms with Gasteiger partial charge in [-0.2, -0.15) is 0 Å². The summed E-state index contributed by atoms with van der Waals surface area (Å²) in [6, 6.07) is 25.9. The quantitative estimate of drug-likeness (QED) is 0.329. The van der Waals surface area contributed by atoms with Crippen molar-refractivity contribution in [2.24, 2.45) is 0 Å². The van der Waals surface area contributed by atoms with Gasteiger partial charge in [-0.05, 0) is 52.1 Å². The fourth-order valence-electron chi connectivity index (χ4n) is 4.85. The third kappa shape index (κ3) is 6.36. The molecule has 0 aliphatic carbocycles. The first-order valence-electron chi connectivity index (χ1n) is 12.8. The molecule has 1 aromatic heterocycles. The summed E-state index contributed by atoms with van der Waals surface area (Å²) in [5.74, 6) is 1.37. The van der Waals surface area contributed by atoms with Gasteiger partial charge >= 0.3 is 0 Å². The van der Waals surface area contributed by atoms with Crippen molar-refractivity contribution >= 4 is 5.91 Å². The van der Waals surface area contributed by atoms with E-state index in [2.05, 4.69) is 37.9 Å². The zero-order chi connectivity index (χ0) is 26.2. The molecule has 1 amide bonds. The van der Waals surface area contributed by atoms with E-state index in [4.69, 9.17) is 9.47 Å². The monoisotopic (exact) mass is 512 g/mol. The molecule has 2 heterocycles. The van der Waals surface area contributed by atoms with E-state index in [1.54, 1.807) is 18.1 Å². The lowest BCUT2D eigenvalue weighted by molar-refractivity contribution is -0.125. The van der Waals surface area contributed by atoms with Crippen LogP contribution in [-0.2, 0) is 24.4 Å². The maximum absolute atomic E-state index is 13.3. The highest BCUT2D eigenvalue weighted by Gasteiger charge is 2.38. The second-order valence-corrected chi connectivity index (χ2v) is 9.41. The Hall–Kier alpha value is -4.24. The van der Waals surface area contributed by atoms with Crippen LogP contribution in [0.2, 0.25) is 0 Å². The average Bonchev–Trinajstić information content (AvgIpc) is 3.64. The predicted octanol–water partition coefficient (Wildman–Crippen LogP) is 3.44. The summed E-state index contributed by atoms with van der Waals surface area (Å²) in [6.45, 7) is 2.30. The van der Waals surface area contributed by atoms with Gasteiger partial charge in [-0.15, -0.1) is 5.10 Å². The van der Waals surface area contributed by atoms with Crippen molar-refractivity contribution in [3.05, 3.63) is 102 Å². The maximum atomic E-state index is 13.3. The van der Waals surface area contributed by atoms with Crippen molar-refractivity contribution < 1.29 is 14.3 Å². The van der Waals surface area contributed by atoms with Crippen LogP contribution in [0.15, 0.2) is 85.2 Å². The number of hydrogen-bond acceptors (Lipinski definition) is 7. The van der Waals surface area contributed by atoms with Gasteiger partial charge < -0.3 is 14.8 Å². The first-order valence-corrected chi connectivity index (χ1v) is 12.8. The molecule has 3 aromatic carbocycles. The van der Waals surface area contributed by atoms with E-state index >= 15 is 0 Å². The second kappa shape index (κ2) is 12.3. The van der Waals surface area contributed by atoms with Gasteiger partial charge in [0.1, 0.15) is 12.9 Å². The Labute approximate surface area is 222 Å². The summed E-state index contributed by atoms with van der Waals surface area (Å²) in [4.78, 5) is 15.5. The van der Waals surface area contributed by atoms with Crippen LogP contribution in [0.25, 0.3) is 0 Å². The molecule has 2 atom stereocenters. The van der Waals surface area contributed by atoms with Crippen LogP contribution in [0.1, 0.15) is 29.2 Å². The highest BCUT2D eigenvalue weighted by molar-refractivity contribution is 5.82. The van der Waals surface area contributed by atoms with Gasteiger partial charge in [0.15, 0.2) is 11.5 Å². The lowest BCUT2D eigenvalue weighted by atomic mass is 10.1. The molecule has 0 saturated carbocycles. The molecule has 4 aromatic rings. The van der Waals surface area contributed by atoms with Crippen LogP contribution in [0.5, 0.6) is 11.5 Å². The largest absolute Gasteiger partial charge is 0.493 e. The number of ether oxygens (including phenoxy) is 2. The number of amides is 1. The molecule has 0 radical (unpaired) electrons. The van der Waals surface area contributed by atoms with E-state index in [-0.39, 0.29) is 18.0 Å². The molecule has 1 N–H and O–H groups in total. The number of carbonyl (C=O) groups excluding carboxylic acids is 1.